The molecule has 0 aliphatic carbocycles. The molecule has 154 valence electrons. The van der Waals surface area contributed by atoms with Gasteiger partial charge in [-0.25, -0.2) is 4.39 Å². The molecule has 0 radical (unpaired) electrons. The molecule has 0 N–H and O–H groups in total. The van der Waals surface area contributed by atoms with Gasteiger partial charge in [-0.3, -0.25) is 19.8 Å². The maximum Gasteiger partial charge on any atom is 0.468 e. The van der Waals surface area contributed by atoms with E-state index in [1.165, 1.54) is 19.1 Å². The molecule has 11 nitrogen and oxygen atoms in total. The van der Waals surface area contributed by atoms with Crippen LogP contribution in [0.2, 0.25) is 0 Å². The summed E-state index contributed by atoms with van der Waals surface area (Å²) in [6, 6.07) is 6.24. The molecular weight excluding hydrogens is 387 g/mol. The molecule has 2 heterocycles. The summed E-state index contributed by atoms with van der Waals surface area (Å²) in [4.78, 5) is 36.5. The average Bonchev–Trinajstić information content (AvgIpc) is 3.01. The minimum absolute atomic E-state index is 0.0370. The van der Waals surface area contributed by atoms with Gasteiger partial charge in [0.2, 0.25) is 5.91 Å². The molecule has 0 bridgehead atoms. The van der Waals surface area contributed by atoms with Gasteiger partial charge in [0.25, 0.3) is 0 Å². The Hall–Kier alpha value is -3.41. The molecule has 0 unspecified atom stereocenters. The number of carbonyl (C=O) groups excluding carboxylic acids is 1. The highest BCUT2D eigenvalue weighted by atomic mass is 19.1. The van der Waals surface area contributed by atoms with Gasteiger partial charge < -0.3 is 15.0 Å². The first-order valence-electron chi connectivity index (χ1n) is 8.87. The molecule has 1 aromatic heterocycles. The molecule has 1 fully saturated rings. The van der Waals surface area contributed by atoms with E-state index in [9.17, 15) is 29.4 Å². The zero-order valence-corrected chi connectivity index (χ0v) is 15.7. The van der Waals surface area contributed by atoms with E-state index < -0.39 is 21.4 Å². The summed E-state index contributed by atoms with van der Waals surface area (Å²) in [5.74, 6) is -1.48. The number of nitrogens with zero attached hydrogens (tertiary/aromatic N) is 6. The fraction of sp³-hybridized carbons (Fsp3) is 0.412. The first-order chi connectivity index (χ1) is 13.8. The standard InChI is InChI=1S/C17H19FN6O5/c1-12-16(23(26)27)17(24(28)29)19-22(12)11-15(25)21-8-6-20(7-9-21)10-13-2-4-14(18)5-3-13/h2-5H,6-11H2,1H3. The molecule has 1 aliphatic heterocycles. The molecule has 12 heteroatoms. The van der Waals surface area contributed by atoms with Crippen LogP contribution in [0.5, 0.6) is 0 Å². The maximum absolute atomic E-state index is 13.0. The van der Waals surface area contributed by atoms with Gasteiger partial charge in [-0.05, 0) is 29.5 Å². The Morgan fingerprint density at radius 2 is 1.72 bits per heavy atom. The van der Waals surface area contributed by atoms with Crippen molar-refractivity contribution in [3.05, 3.63) is 61.6 Å². The number of halogens is 1. The van der Waals surface area contributed by atoms with Crippen LogP contribution in [0.4, 0.5) is 15.9 Å². The number of hydrogen-bond acceptors (Lipinski definition) is 7. The van der Waals surface area contributed by atoms with E-state index in [0.717, 1.165) is 10.2 Å². The second kappa shape index (κ2) is 8.31. The van der Waals surface area contributed by atoms with Crippen molar-refractivity contribution in [1.82, 2.24) is 19.6 Å². The number of benzene rings is 1. The summed E-state index contributed by atoms with van der Waals surface area (Å²) in [6.07, 6.45) is 0. The Morgan fingerprint density at radius 1 is 1.10 bits per heavy atom. The lowest BCUT2D eigenvalue weighted by Crippen LogP contribution is -2.49. The number of rotatable bonds is 6. The predicted octanol–water partition coefficient (Wildman–Crippen LogP) is 1.49. The van der Waals surface area contributed by atoms with E-state index in [1.54, 1.807) is 17.0 Å². The lowest BCUT2D eigenvalue weighted by Gasteiger charge is -2.34. The van der Waals surface area contributed by atoms with Gasteiger partial charge >= 0.3 is 11.5 Å². The van der Waals surface area contributed by atoms with Crippen LogP contribution >= 0.6 is 0 Å². The molecule has 3 rings (SSSR count). The van der Waals surface area contributed by atoms with Crippen molar-refractivity contribution in [3.63, 3.8) is 0 Å². The molecular formula is C17H19FN6O5. The first-order valence-corrected chi connectivity index (χ1v) is 8.87. The van der Waals surface area contributed by atoms with Gasteiger partial charge in [-0.15, -0.1) is 0 Å². The van der Waals surface area contributed by atoms with Crippen LogP contribution < -0.4 is 0 Å². The summed E-state index contributed by atoms with van der Waals surface area (Å²) in [7, 11) is 0. The molecule has 0 saturated carbocycles. The van der Waals surface area contributed by atoms with Crippen molar-refractivity contribution >= 4 is 17.4 Å². The normalized spacial score (nSPS) is 14.8. The quantitative estimate of drug-likeness (QED) is 0.525. The molecule has 0 atom stereocenters. The summed E-state index contributed by atoms with van der Waals surface area (Å²) in [6.45, 7) is 3.78. The van der Waals surface area contributed by atoms with Crippen LogP contribution in [-0.2, 0) is 17.9 Å². The third kappa shape index (κ3) is 4.54. The van der Waals surface area contributed by atoms with Crippen molar-refractivity contribution in [2.75, 3.05) is 26.2 Å². The molecule has 0 spiro atoms. The third-order valence-corrected chi connectivity index (χ3v) is 4.84. The third-order valence-electron chi connectivity index (χ3n) is 4.84. The van der Waals surface area contributed by atoms with Crippen LogP contribution in [-0.4, -0.2) is 61.5 Å². The second-order valence-electron chi connectivity index (χ2n) is 6.71. The SMILES string of the molecule is Cc1c([N+](=O)[O-])c([N+](=O)[O-])nn1CC(=O)N1CCN(Cc2ccc(F)cc2)CC1. The minimum Gasteiger partial charge on any atom is -0.358 e. The fourth-order valence-electron chi connectivity index (χ4n) is 3.24. The lowest BCUT2D eigenvalue weighted by atomic mass is 10.2. The van der Waals surface area contributed by atoms with Crippen LogP contribution in [0.1, 0.15) is 11.3 Å². The van der Waals surface area contributed by atoms with E-state index in [4.69, 9.17) is 0 Å². The van der Waals surface area contributed by atoms with Crippen molar-refractivity contribution in [2.24, 2.45) is 0 Å². The molecule has 1 amide bonds. The van der Waals surface area contributed by atoms with Crippen molar-refractivity contribution in [1.29, 1.82) is 0 Å². The zero-order chi connectivity index (χ0) is 21.1. The number of amides is 1. The highest BCUT2D eigenvalue weighted by Gasteiger charge is 2.36. The minimum atomic E-state index is -0.930. The fourth-order valence-corrected chi connectivity index (χ4v) is 3.24. The molecule has 2 aromatic rings. The van der Waals surface area contributed by atoms with Crippen LogP contribution in [0.25, 0.3) is 0 Å². The Morgan fingerprint density at radius 3 is 2.24 bits per heavy atom. The summed E-state index contributed by atoms with van der Waals surface area (Å²) in [5, 5.41) is 25.7. The van der Waals surface area contributed by atoms with Gasteiger partial charge in [0.1, 0.15) is 18.1 Å². The van der Waals surface area contributed by atoms with Gasteiger partial charge in [0, 0.05) is 32.7 Å². The molecule has 1 saturated heterocycles. The summed E-state index contributed by atoms with van der Waals surface area (Å²) >= 11 is 0. The Balaban J connectivity index is 1.60. The van der Waals surface area contributed by atoms with Gasteiger partial charge in [0.15, 0.2) is 0 Å². The number of piperazine rings is 1. The van der Waals surface area contributed by atoms with E-state index >= 15 is 0 Å². The Bertz CT molecular complexity index is 937. The van der Waals surface area contributed by atoms with Crippen LogP contribution in [0, 0.1) is 33.0 Å². The van der Waals surface area contributed by atoms with E-state index in [-0.39, 0.29) is 24.0 Å². The van der Waals surface area contributed by atoms with Crippen molar-refractivity contribution < 1.29 is 19.0 Å². The number of hydrogen-bond donors (Lipinski definition) is 0. The monoisotopic (exact) mass is 406 g/mol. The average molecular weight is 406 g/mol. The first kappa shape index (κ1) is 20.3. The highest BCUT2D eigenvalue weighted by molar-refractivity contribution is 5.76. The highest BCUT2D eigenvalue weighted by Crippen LogP contribution is 2.29. The maximum atomic E-state index is 13.0. The largest absolute Gasteiger partial charge is 0.468 e. The Kier molecular flexibility index (Phi) is 5.82. The number of carbonyl (C=O) groups is 1. The van der Waals surface area contributed by atoms with Gasteiger partial charge in [0.05, 0.1) is 10.0 Å². The summed E-state index contributed by atoms with van der Waals surface area (Å²) in [5.41, 5.74) is 0.231. The van der Waals surface area contributed by atoms with Crippen LogP contribution in [0.3, 0.4) is 0 Å². The van der Waals surface area contributed by atoms with E-state index in [2.05, 4.69) is 10.00 Å². The van der Waals surface area contributed by atoms with E-state index in [1.807, 2.05) is 0 Å². The number of aromatic nitrogens is 2. The van der Waals surface area contributed by atoms with Gasteiger partial charge in [-0.1, -0.05) is 12.1 Å². The number of nitro groups is 2. The smallest absolute Gasteiger partial charge is 0.358 e. The molecule has 1 aromatic carbocycles. The van der Waals surface area contributed by atoms with E-state index in [0.29, 0.717) is 32.7 Å². The zero-order valence-electron chi connectivity index (χ0n) is 15.7. The van der Waals surface area contributed by atoms with Crippen LogP contribution in [0.15, 0.2) is 24.3 Å². The molecule has 1 aliphatic rings. The lowest BCUT2D eigenvalue weighted by molar-refractivity contribution is -0.424. The molecule has 29 heavy (non-hydrogen) atoms. The van der Waals surface area contributed by atoms with Gasteiger partial charge in [-0.2, -0.15) is 4.68 Å². The topological polar surface area (TPSA) is 128 Å². The Labute approximate surface area is 164 Å². The summed E-state index contributed by atoms with van der Waals surface area (Å²) < 4.78 is 14.0. The van der Waals surface area contributed by atoms with Crippen molar-refractivity contribution in [2.45, 2.75) is 20.0 Å². The van der Waals surface area contributed by atoms with Crippen molar-refractivity contribution in [3.8, 4) is 0 Å². The predicted molar refractivity (Wildman–Crippen MR) is 98.5 cm³/mol. The second-order valence-corrected chi connectivity index (χ2v) is 6.71.